The average molecular weight is 306 g/mol. The van der Waals surface area contributed by atoms with E-state index in [9.17, 15) is 5.11 Å². The molecule has 0 heterocycles. The summed E-state index contributed by atoms with van der Waals surface area (Å²) in [7, 11) is 1.67. The van der Waals surface area contributed by atoms with E-state index in [1.165, 1.54) is 0 Å². The number of ether oxygens (including phenoxy) is 1. The lowest BCUT2D eigenvalue weighted by Gasteiger charge is -2.14. The van der Waals surface area contributed by atoms with Gasteiger partial charge in [0.05, 0.1) is 17.3 Å². The van der Waals surface area contributed by atoms with Gasteiger partial charge in [-0.2, -0.15) is 0 Å². The number of hydrogen-bond donors (Lipinski definition) is 1. The van der Waals surface area contributed by atoms with Crippen LogP contribution in [0.2, 0.25) is 0 Å². The molecule has 0 aliphatic carbocycles. The maximum Gasteiger partial charge on any atom is 0.132 e. The number of hydrogen-bond acceptors (Lipinski definition) is 2. The van der Waals surface area contributed by atoms with Crippen LogP contribution in [0.5, 0.6) is 5.75 Å². The minimum absolute atomic E-state index is 0.0908. The standard InChI is InChI=1S/C11H15IO2/c1-7(2)9-5-11(14-3)10(12)4-8(9)6-13/h4-5,7,13H,6H2,1-3H3. The average Bonchev–Trinajstić information content (AvgIpc) is 2.16. The molecular weight excluding hydrogens is 291 g/mol. The van der Waals surface area contributed by atoms with Gasteiger partial charge >= 0.3 is 0 Å². The maximum absolute atomic E-state index is 9.21. The van der Waals surface area contributed by atoms with Gasteiger partial charge in [0.15, 0.2) is 0 Å². The lowest BCUT2D eigenvalue weighted by molar-refractivity contribution is 0.279. The Kier molecular flexibility index (Phi) is 4.19. The molecule has 0 saturated heterocycles. The fraction of sp³-hybridized carbons (Fsp3) is 0.455. The third-order valence-corrected chi connectivity index (χ3v) is 3.05. The number of methoxy groups -OCH3 is 1. The molecule has 2 nitrogen and oxygen atoms in total. The van der Waals surface area contributed by atoms with Crippen LogP contribution in [0.15, 0.2) is 12.1 Å². The normalized spacial score (nSPS) is 10.7. The highest BCUT2D eigenvalue weighted by atomic mass is 127. The van der Waals surface area contributed by atoms with Crippen molar-refractivity contribution in [2.45, 2.75) is 26.4 Å². The topological polar surface area (TPSA) is 29.5 Å². The summed E-state index contributed by atoms with van der Waals surface area (Å²) in [5.74, 6) is 1.29. The van der Waals surface area contributed by atoms with Crippen LogP contribution >= 0.6 is 22.6 Å². The van der Waals surface area contributed by atoms with Gasteiger partial charge in [-0.3, -0.25) is 0 Å². The number of aliphatic hydroxyl groups is 1. The van der Waals surface area contributed by atoms with Gasteiger partial charge < -0.3 is 9.84 Å². The summed E-state index contributed by atoms with van der Waals surface area (Å²) in [4.78, 5) is 0. The number of halogens is 1. The number of aliphatic hydroxyl groups excluding tert-OH is 1. The second-order valence-corrected chi connectivity index (χ2v) is 4.66. The Labute approximate surface area is 98.4 Å². The minimum atomic E-state index is 0.0908. The third-order valence-electron chi connectivity index (χ3n) is 2.21. The molecule has 0 radical (unpaired) electrons. The van der Waals surface area contributed by atoms with Crippen molar-refractivity contribution in [2.24, 2.45) is 0 Å². The second-order valence-electron chi connectivity index (χ2n) is 3.50. The zero-order chi connectivity index (χ0) is 10.7. The van der Waals surface area contributed by atoms with Crippen molar-refractivity contribution in [3.05, 3.63) is 26.8 Å². The van der Waals surface area contributed by atoms with Crippen LogP contribution in [-0.4, -0.2) is 12.2 Å². The molecule has 1 aromatic carbocycles. The Morgan fingerprint density at radius 1 is 1.43 bits per heavy atom. The lowest BCUT2D eigenvalue weighted by atomic mass is 9.97. The molecule has 0 aliphatic rings. The van der Waals surface area contributed by atoms with E-state index in [2.05, 4.69) is 36.4 Å². The van der Waals surface area contributed by atoms with Gasteiger partial charge in [-0.1, -0.05) is 13.8 Å². The van der Waals surface area contributed by atoms with Crippen molar-refractivity contribution in [3.8, 4) is 5.75 Å². The van der Waals surface area contributed by atoms with Crippen LogP contribution in [0.4, 0.5) is 0 Å². The molecule has 0 fully saturated rings. The molecule has 3 heteroatoms. The van der Waals surface area contributed by atoms with E-state index in [0.717, 1.165) is 20.4 Å². The van der Waals surface area contributed by atoms with Gasteiger partial charge in [-0.05, 0) is 51.8 Å². The Morgan fingerprint density at radius 3 is 2.50 bits per heavy atom. The summed E-state index contributed by atoms with van der Waals surface area (Å²) in [6.07, 6.45) is 0. The summed E-state index contributed by atoms with van der Waals surface area (Å²) >= 11 is 2.21. The first-order chi connectivity index (χ1) is 6.60. The minimum Gasteiger partial charge on any atom is -0.496 e. The smallest absolute Gasteiger partial charge is 0.132 e. The molecule has 0 unspecified atom stereocenters. The molecule has 0 spiro atoms. The lowest BCUT2D eigenvalue weighted by Crippen LogP contribution is -1.99. The molecular formula is C11H15IO2. The Balaban J connectivity index is 3.25. The Morgan fingerprint density at radius 2 is 2.07 bits per heavy atom. The summed E-state index contributed by atoms with van der Waals surface area (Å²) in [5, 5.41) is 9.21. The highest BCUT2D eigenvalue weighted by Crippen LogP contribution is 2.29. The quantitative estimate of drug-likeness (QED) is 0.870. The molecule has 0 bridgehead atoms. The zero-order valence-electron chi connectivity index (χ0n) is 8.67. The zero-order valence-corrected chi connectivity index (χ0v) is 10.8. The predicted octanol–water partition coefficient (Wildman–Crippen LogP) is 2.92. The van der Waals surface area contributed by atoms with Gasteiger partial charge in [0.1, 0.15) is 5.75 Å². The van der Waals surface area contributed by atoms with E-state index < -0.39 is 0 Å². The Hall–Kier alpha value is -0.290. The summed E-state index contributed by atoms with van der Waals surface area (Å²) in [6, 6.07) is 3.99. The van der Waals surface area contributed by atoms with E-state index in [0.29, 0.717) is 5.92 Å². The van der Waals surface area contributed by atoms with Crippen LogP contribution in [0, 0.1) is 3.57 Å². The van der Waals surface area contributed by atoms with E-state index in [1.807, 2.05) is 12.1 Å². The molecule has 0 amide bonds. The van der Waals surface area contributed by atoms with Gasteiger partial charge in [0.25, 0.3) is 0 Å². The van der Waals surface area contributed by atoms with Crippen molar-refractivity contribution in [1.29, 1.82) is 0 Å². The highest BCUT2D eigenvalue weighted by molar-refractivity contribution is 14.1. The van der Waals surface area contributed by atoms with Crippen molar-refractivity contribution in [2.75, 3.05) is 7.11 Å². The van der Waals surface area contributed by atoms with Crippen molar-refractivity contribution in [1.82, 2.24) is 0 Å². The monoisotopic (exact) mass is 306 g/mol. The molecule has 1 N–H and O–H groups in total. The molecule has 0 aromatic heterocycles. The molecule has 78 valence electrons. The van der Waals surface area contributed by atoms with Crippen LogP contribution in [-0.2, 0) is 6.61 Å². The maximum atomic E-state index is 9.21. The SMILES string of the molecule is COc1cc(C(C)C)c(CO)cc1I. The molecule has 1 rings (SSSR count). The molecule has 0 aliphatic heterocycles. The fourth-order valence-electron chi connectivity index (χ4n) is 1.44. The van der Waals surface area contributed by atoms with E-state index in [1.54, 1.807) is 7.11 Å². The van der Waals surface area contributed by atoms with Gasteiger partial charge in [-0.25, -0.2) is 0 Å². The van der Waals surface area contributed by atoms with E-state index in [4.69, 9.17) is 4.74 Å². The fourth-order valence-corrected chi connectivity index (χ4v) is 2.19. The van der Waals surface area contributed by atoms with Gasteiger partial charge in [0, 0.05) is 0 Å². The number of rotatable bonds is 3. The number of benzene rings is 1. The van der Waals surface area contributed by atoms with Crippen molar-refractivity contribution in [3.63, 3.8) is 0 Å². The summed E-state index contributed by atoms with van der Waals surface area (Å²) in [5.41, 5.74) is 2.15. The summed E-state index contributed by atoms with van der Waals surface area (Å²) < 4.78 is 6.29. The van der Waals surface area contributed by atoms with Crippen LogP contribution < -0.4 is 4.74 Å². The van der Waals surface area contributed by atoms with Crippen LogP contribution in [0.1, 0.15) is 30.9 Å². The first kappa shape index (κ1) is 11.8. The molecule has 1 aromatic rings. The first-order valence-corrected chi connectivity index (χ1v) is 5.65. The van der Waals surface area contributed by atoms with E-state index >= 15 is 0 Å². The second kappa shape index (κ2) is 4.98. The molecule has 0 atom stereocenters. The Bertz CT molecular complexity index is 321. The first-order valence-electron chi connectivity index (χ1n) is 4.57. The van der Waals surface area contributed by atoms with Gasteiger partial charge in [-0.15, -0.1) is 0 Å². The largest absolute Gasteiger partial charge is 0.496 e. The van der Waals surface area contributed by atoms with Crippen molar-refractivity contribution < 1.29 is 9.84 Å². The van der Waals surface area contributed by atoms with Crippen LogP contribution in [0.25, 0.3) is 0 Å². The highest BCUT2D eigenvalue weighted by Gasteiger charge is 2.10. The predicted molar refractivity (Wildman–Crippen MR) is 65.7 cm³/mol. The molecule has 0 saturated carbocycles. The molecule has 14 heavy (non-hydrogen) atoms. The third kappa shape index (κ3) is 2.39. The summed E-state index contributed by atoms with van der Waals surface area (Å²) in [6.45, 7) is 4.31. The van der Waals surface area contributed by atoms with Crippen LogP contribution in [0.3, 0.4) is 0 Å². The van der Waals surface area contributed by atoms with E-state index in [-0.39, 0.29) is 6.61 Å². The van der Waals surface area contributed by atoms with Gasteiger partial charge in [0.2, 0.25) is 0 Å². The van der Waals surface area contributed by atoms with Crippen molar-refractivity contribution >= 4 is 22.6 Å².